The van der Waals surface area contributed by atoms with Crippen LogP contribution in [0.3, 0.4) is 0 Å². The van der Waals surface area contributed by atoms with Gasteiger partial charge in [0.25, 0.3) is 0 Å². The van der Waals surface area contributed by atoms with Crippen LogP contribution < -0.4 is 5.73 Å². The van der Waals surface area contributed by atoms with Gasteiger partial charge in [-0.05, 0) is 52.4 Å². The second kappa shape index (κ2) is 5.90. The predicted molar refractivity (Wildman–Crippen MR) is 78.2 cm³/mol. The third kappa shape index (κ3) is 3.01. The molecule has 1 aliphatic carbocycles. The second-order valence-corrected chi connectivity index (χ2v) is 6.70. The maximum atomic E-state index is 13.3. The molecule has 3 atom stereocenters. The van der Waals surface area contributed by atoms with Gasteiger partial charge in [-0.2, -0.15) is 0 Å². The summed E-state index contributed by atoms with van der Waals surface area (Å²) in [5, 5.41) is 10.7. The normalized spacial score (nSPS) is 29.2. The Hall–Kier alpha value is -0.450. The lowest BCUT2D eigenvalue weighted by molar-refractivity contribution is -0.0131. The minimum atomic E-state index is -0.628. The van der Waals surface area contributed by atoms with Crippen molar-refractivity contribution in [3.63, 3.8) is 0 Å². The van der Waals surface area contributed by atoms with Gasteiger partial charge in [0, 0.05) is 12.0 Å². The van der Waals surface area contributed by atoms with Crippen LogP contribution in [0.5, 0.6) is 0 Å². The van der Waals surface area contributed by atoms with Crippen LogP contribution in [0.25, 0.3) is 0 Å². The molecule has 0 heterocycles. The molecule has 0 aliphatic heterocycles. The number of aliphatic hydroxyl groups is 1. The average Bonchev–Trinajstić information content (AvgIpc) is 2.41. The quantitative estimate of drug-likeness (QED) is 0.886. The van der Waals surface area contributed by atoms with Gasteiger partial charge in [-0.1, -0.05) is 25.8 Å². The highest BCUT2D eigenvalue weighted by atomic mass is 79.9. The Morgan fingerprint density at radius 1 is 1.58 bits per heavy atom. The first-order chi connectivity index (χ1) is 8.98. The first kappa shape index (κ1) is 14.9. The van der Waals surface area contributed by atoms with Crippen LogP contribution in [0, 0.1) is 17.2 Å². The zero-order valence-electron chi connectivity index (χ0n) is 11.2. The summed E-state index contributed by atoms with van der Waals surface area (Å²) < 4.78 is 13.7. The standard InChI is InChI=1S/C15H21BrFNO/c1-10-3-2-6-15(8-10,9-18)14(19)11-4-5-13(17)12(16)7-11/h4-5,7,10,14,19H,2-3,6,8-9,18H2,1H3. The Kier molecular flexibility index (Phi) is 4.64. The molecule has 0 amide bonds. The lowest BCUT2D eigenvalue weighted by Crippen LogP contribution is -2.40. The Bertz CT molecular complexity index is 454. The van der Waals surface area contributed by atoms with Gasteiger partial charge in [0.2, 0.25) is 0 Å². The van der Waals surface area contributed by atoms with Crippen LogP contribution in [-0.4, -0.2) is 11.7 Å². The van der Waals surface area contributed by atoms with Crippen molar-refractivity contribution in [2.45, 2.75) is 38.7 Å². The van der Waals surface area contributed by atoms with Crippen LogP contribution in [0.1, 0.15) is 44.3 Å². The van der Waals surface area contributed by atoms with Gasteiger partial charge in [0.1, 0.15) is 5.82 Å². The van der Waals surface area contributed by atoms with Crippen molar-refractivity contribution < 1.29 is 9.50 Å². The molecule has 1 saturated carbocycles. The van der Waals surface area contributed by atoms with E-state index in [0.717, 1.165) is 24.8 Å². The summed E-state index contributed by atoms with van der Waals surface area (Å²) in [6.07, 6.45) is 3.53. The number of hydrogen-bond acceptors (Lipinski definition) is 2. The van der Waals surface area contributed by atoms with Crippen molar-refractivity contribution in [2.24, 2.45) is 17.1 Å². The summed E-state index contributed by atoms with van der Waals surface area (Å²) in [6.45, 7) is 2.67. The molecular formula is C15H21BrFNO. The minimum absolute atomic E-state index is 0.269. The van der Waals surface area contributed by atoms with Gasteiger partial charge in [-0.15, -0.1) is 0 Å². The SMILES string of the molecule is CC1CCCC(CN)(C(O)c2ccc(F)c(Br)c2)C1. The van der Waals surface area contributed by atoms with Crippen molar-refractivity contribution in [1.29, 1.82) is 0 Å². The third-order valence-electron chi connectivity index (χ3n) is 4.37. The zero-order chi connectivity index (χ0) is 14.0. The maximum Gasteiger partial charge on any atom is 0.137 e. The van der Waals surface area contributed by atoms with E-state index in [1.807, 2.05) is 0 Å². The molecule has 0 aromatic heterocycles. The Morgan fingerprint density at radius 2 is 2.32 bits per heavy atom. The molecule has 1 aromatic carbocycles. The Labute approximate surface area is 122 Å². The van der Waals surface area contributed by atoms with E-state index in [0.29, 0.717) is 16.9 Å². The van der Waals surface area contributed by atoms with E-state index in [1.54, 1.807) is 12.1 Å². The van der Waals surface area contributed by atoms with E-state index in [1.165, 1.54) is 12.5 Å². The fraction of sp³-hybridized carbons (Fsp3) is 0.600. The van der Waals surface area contributed by atoms with Gasteiger partial charge < -0.3 is 10.8 Å². The fourth-order valence-electron chi connectivity index (χ4n) is 3.28. The lowest BCUT2D eigenvalue weighted by Gasteiger charge is -2.43. The van der Waals surface area contributed by atoms with Gasteiger partial charge in [-0.3, -0.25) is 0 Å². The van der Waals surface area contributed by atoms with Crippen LogP contribution in [0.2, 0.25) is 0 Å². The number of benzene rings is 1. The van der Waals surface area contributed by atoms with E-state index >= 15 is 0 Å². The van der Waals surface area contributed by atoms with Crippen LogP contribution in [0.15, 0.2) is 22.7 Å². The van der Waals surface area contributed by atoms with Crippen molar-refractivity contribution >= 4 is 15.9 Å². The van der Waals surface area contributed by atoms with Crippen LogP contribution in [0.4, 0.5) is 4.39 Å². The molecule has 4 heteroatoms. The van der Waals surface area contributed by atoms with E-state index in [2.05, 4.69) is 22.9 Å². The van der Waals surface area contributed by atoms with Crippen LogP contribution >= 0.6 is 15.9 Å². The Morgan fingerprint density at radius 3 is 2.89 bits per heavy atom. The molecule has 0 spiro atoms. The van der Waals surface area contributed by atoms with E-state index < -0.39 is 6.10 Å². The summed E-state index contributed by atoms with van der Waals surface area (Å²) in [6, 6.07) is 4.71. The molecule has 3 unspecified atom stereocenters. The highest BCUT2D eigenvalue weighted by Gasteiger charge is 2.40. The molecule has 0 saturated heterocycles. The number of nitrogens with two attached hydrogens (primary N) is 1. The summed E-state index contributed by atoms with van der Waals surface area (Å²) in [7, 11) is 0. The zero-order valence-corrected chi connectivity index (χ0v) is 12.8. The third-order valence-corrected chi connectivity index (χ3v) is 4.98. The highest BCUT2D eigenvalue weighted by molar-refractivity contribution is 9.10. The molecule has 0 radical (unpaired) electrons. The summed E-state index contributed by atoms with van der Waals surface area (Å²) in [5.41, 5.74) is 6.44. The molecular weight excluding hydrogens is 309 g/mol. The molecule has 0 bridgehead atoms. The number of halogens is 2. The smallest absolute Gasteiger partial charge is 0.137 e. The van der Waals surface area contributed by atoms with E-state index in [4.69, 9.17) is 5.73 Å². The lowest BCUT2D eigenvalue weighted by atomic mass is 9.65. The van der Waals surface area contributed by atoms with Gasteiger partial charge in [0.15, 0.2) is 0 Å². The van der Waals surface area contributed by atoms with Gasteiger partial charge >= 0.3 is 0 Å². The van der Waals surface area contributed by atoms with Crippen molar-refractivity contribution in [1.82, 2.24) is 0 Å². The largest absolute Gasteiger partial charge is 0.388 e. The number of aliphatic hydroxyl groups excluding tert-OH is 1. The van der Waals surface area contributed by atoms with Crippen molar-refractivity contribution in [3.05, 3.63) is 34.1 Å². The summed E-state index contributed by atoms with van der Waals surface area (Å²) in [5.74, 6) is 0.269. The van der Waals surface area contributed by atoms with Gasteiger partial charge in [0.05, 0.1) is 10.6 Å². The molecule has 1 aliphatic rings. The number of hydrogen-bond donors (Lipinski definition) is 2. The monoisotopic (exact) mass is 329 g/mol. The molecule has 19 heavy (non-hydrogen) atoms. The van der Waals surface area contributed by atoms with E-state index in [9.17, 15) is 9.50 Å². The minimum Gasteiger partial charge on any atom is -0.388 e. The maximum absolute atomic E-state index is 13.3. The molecule has 1 fully saturated rings. The Balaban J connectivity index is 2.29. The average molecular weight is 330 g/mol. The first-order valence-corrected chi connectivity index (χ1v) is 7.61. The van der Waals surface area contributed by atoms with Crippen molar-refractivity contribution in [3.8, 4) is 0 Å². The number of rotatable bonds is 3. The predicted octanol–water partition coefficient (Wildman–Crippen LogP) is 3.78. The molecule has 106 valence electrons. The molecule has 2 nitrogen and oxygen atoms in total. The molecule has 1 aromatic rings. The second-order valence-electron chi connectivity index (χ2n) is 5.84. The van der Waals surface area contributed by atoms with Crippen LogP contribution in [-0.2, 0) is 0 Å². The van der Waals surface area contributed by atoms with Crippen molar-refractivity contribution in [2.75, 3.05) is 6.54 Å². The van der Waals surface area contributed by atoms with E-state index in [-0.39, 0.29) is 11.2 Å². The van der Waals surface area contributed by atoms with Gasteiger partial charge in [-0.25, -0.2) is 4.39 Å². The summed E-state index contributed by atoms with van der Waals surface area (Å²) in [4.78, 5) is 0. The molecule has 3 N–H and O–H groups in total. The fourth-order valence-corrected chi connectivity index (χ4v) is 3.68. The molecule has 2 rings (SSSR count). The highest BCUT2D eigenvalue weighted by Crippen LogP contribution is 2.47. The first-order valence-electron chi connectivity index (χ1n) is 6.81. The summed E-state index contributed by atoms with van der Waals surface area (Å²) >= 11 is 3.17. The topological polar surface area (TPSA) is 46.2 Å².